The van der Waals surface area contributed by atoms with Crippen molar-refractivity contribution in [2.75, 3.05) is 5.75 Å². The van der Waals surface area contributed by atoms with Gasteiger partial charge in [-0.15, -0.1) is 11.3 Å². The van der Waals surface area contributed by atoms with Crippen molar-refractivity contribution in [2.24, 2.45) is 0 Å². The van der Waals surface area contributed by atoms with Crippen molar-refractivity contribution in [3.05, 3.63) is 34.5 Å². The van der Waals surface area contributed by atoms with E-state index in [9.17, 15) is 22.7 Å². The van der Waals surface area contributed by atoms with Gasteiger partial charge in [0.2, 0.25) is 0 Å². The van der Waals surface area contributed by atoms with Crippen molar-refractivity contribution in [3.63, 3.8) is 0 Å². The topological polar surface area (TPSA) is 71.4 Å². The fourth-order valence-electron chi connectivity index (χ4n) is 2.08. The number of carboxylic acids is 1. The fraction of sp³-hybridized carbons (Fsp3) is 0.308. The molecule has 4 nitrogen and oxygen atoms in total. The number of sulfone groups is 1. The van der Waals surface area contributed by atoms with Crippen LogP contribution in [-0.2, 0) is 15.6 Å². The maximum atomic E-state index is 13.9. The Labute approximate surface area is 119 Å². The van der Waals surface area contributed by atoms with E-state index in [4.69, 9.17) is 0 Å². The summed E-state index contributed by atoms with van der Waals surface area (Å²) in [7, 11) is -3.44. The van der Waals surface area contributed by atoms with Gasteiger partial charge in [-0.05, 0) is 18.6 Å². The lowest BCUT2D eigenvalue weighted by Crippen LogP contribution is -2.11. The summed E-state index contributed by atoms with van der Waals surface area (Å²) >= 11 is 0.901. The summed E-state index contributed by atoms with van der Waals surface area (Å²) in [5.41, 5.74) is 0.0593. The lowest BCUT2D eigenvalue weighted by molar-refractivity contribution is 0.0701. The molecular weight excluding hydrogens is 303 g/mol. The second kappa shape index (κ2) is 5.49. The van der Waals surface area contributed by atoms with Crippen molar-refractivity contribution in [1.29, 1.82) is 0 Å². The summed E-state index contributed by atoms with van der Waals surface area (Å²) in [5, 5.41) is 9.28. The van der Waals surface area contributed by atoms with E-state index < -0.39 is 27.4 Å². The highest BCUT2D eigenvalue weighted by Crippen LogP contribution is 2.34. The first kappa shape index (κ1) is 14.9. The van der Waals surface area contributed by atoms with E-state index >= 15 is 0 Å². The summed E-state index contributed by atoms with van der Waals surface area (Å²) in [6.07, 6.45) is 0.440. The molecule has 0 atom stereocenters. The number of hydrogen-bond donors (Lipinski definition) is 1. The molecule has 0 unspecified atom stereocenters. The minimum absolute atomic E-state index is 0.0438. The van der Waals surface area contributed by atoms with Gasteiger partial charge in [-0.3, -0.25) is 0 Å². The van der Waals surface area contributed by atoms with E-state index in [1.165, 1.54) is 12.1 Å². The molecule has 1 N–H and O–H groups in total. The van der Waals surface area contributed by atoms with Gasteiger partial charge in [0, 0.05) is 15.6 Å². The summed E-state index contributed by atoms with van der Waals surface area (Å²) < 4.78 is 38.2. The molecule has 0 saturated heterocycles. The van der Waals surface area contributed by atoms with Crippen LogP contribution in [0.3, 0.4) is 0 Å². The van der Waals surface area contributed by atoms with Crippen LogP contribution in [0.4, 0.5) is 4.39 Å². The number of benzene rings is 1. The Morgan fingerprint density at radius 2 is 2.10 bits per heavy atom. The summed E-state index contributed by atoms with van der Waals surface area (Å²) in [5.74, 6) is -2.30. The van der Waals surface area contributed by atoms with Gasteiger partial charge in [-0.1, -0.05) is 13.0 Å². The smallest absolute Gasteiger partial charge is 0.346 e. The van der Waals surface area contributed by atoms with Crippen molar-refractivity contribution < 1.29 is 22.7 Å². The van der Waals surface area contributed by atoms with E-state index in [0.717, 1.165) is 11.3 Å². The average Bonchev–Trinajstić information content (AvgIpc) is 2.68. The van der Waals surface area contributed by atoms with Gasteiger partial charge in [-0.2, -0.15) is 0 Å². The Bertz CT molecular complexity index is 762. The molecule has 2 aromatic rings. The molecule has 1 heterocycles. The predicted octanol–water partition coefficient (Wildman–Crippen LogP) is 3.06. The maximum absolute atomic E-state index is 13.9. The van der Waals surface area contributed by atoms with Gasteiger partial charge in [0.25, 0.3) is 0 Å². The van der Waals surface area contributed by atoms with Crippen LogP contribution in [0.15, 0.2) is 18.2 Å². The Morgan fingerprint density at radius 3 is 2.70 bits per heavy atom. The molecule has 0 aliphatic rings. The highest BCUT2D eigenvalue weighted by atomic mass is 32.2. The minimum atomic E-state index is -3.44. The molecule has 2 rings (SSSR count). The van der Waals surface area contributed by atoms with E-state index in [1.807, 2.05) is 0 Å². The molecule has 0 fully saturated rings. The molecule has 20 heavy (non-hydrogen) atoms. The number of thiophene rings is 1. The zero-order valence-corrected chi connectivity index (χ0v) is 12.4. The highest BCUT2D eigenvalue weighted by molar-refractivity contribution is 7.90. The molecule has 0 aliphatic carbocycles. The number of aromatic carboxylic acids is 1. The van der Waals surface area contributed by atoms with Gasteiger partial charge in [0.1, 0.15) is 10.7 Å². The van der Waals surface area contributed by atoms with Gasteiger partial charge in [0.05, 0.1) is 11.5 Å². The molecule has 0 aliphatic heterocycles. The van der Waals surface area contributed by atoms with E-state index in [0.29, 0.717) is 11.1 Å². The Morgan fingerprint density at radius 1 is 1.40 bits per heavy atom. The van der Waals surface area contributed by atoms with Crippen molar-refractivity contribution in [2.45, 2.75) is 19.1 Å². The number of carbonyl (C=O) groups is 1. The largest absolute Gasteiger partial charge is 0.477 e. The van der Waals surface area contributed by atoms with Crippen LogP contribution in [-0.4, -0.2) is 25.2 Å². The number of rotatable bonds is 5. The Kier molecular flexibility index (Phi) is 4.10. The Balaban J connectivity index is 2.66. The van der Waals surface area contributed by atoms with E-state index in [-0.39, 0.29) is 21.6 Å². The fourth-order valence-corrected chi connectivity index (χ4v) is 4.74. The SMILES string of the molecule is CCCS(=O)(=O)Cc1c(C(=O)O)sc2cccc(F)c12. The number of carboxylic acid groups (broad SMARTS) is 1. The van der Waals surface area contributed by atoms with Crippen LogP contribution in [0, 0.1) is 5.82 Å². The molecule has 1 aromatic carbocycles. The lowest BCUT2D eigenvalue weighted by atomic mass is 10.1. The predicted molar refractivity (Wildman–Crippen MR) is 76.5 cm³/mol. The third-order valence-corrected chi connectivity index (χ3v) is 5.78. The van der Waals surface area contributed by atoms with Crippen molar-refractivity contribution in [3.8, 4) is 0 Å². The zero-order chi connectivity index (χ0) is 14.9. The molecule has 0 bridgehead atoms. The van der Waals surface area contributed by atoms with Gasteiger partial charge < -0.3 is 5.11 Å². The molecule has 0 spiro atoms. The Hall–Kier alpha value is -1.47. The average molecular weight is 316 g/mol. The van der Waals surface area contributed by atoms with Crippen LogP contribution in [0.5, 0.6) is 0 Å². The van der Waals surface area contributed by atoms with Crippen LogP contribution < -0.4 is 0 Å². The maximum Gasteiger partial charge on any atom is 0.346 e. The molecule has 7 heteroatoms. The molecule has 108 valence electrons. The van der Waals surface area contributed by atoms with E-state index in [2.05, 4.69) is 0 Å². The van der Waals surface area contributed by atoms with Gasteiger partial charge >= 0.3 is 5.97 Å². The minimum Gasteiger partial charge on any atom is -0.477 e. The zero-order valence-electron chi connectivity index (χ0n) is 10.7. The normalized spacial score (nSPS) is 11.9. The van der Waals surface area contributed by atoms with Crippen LogP contribution >= 0.6 is 11.3 Å². The molecule has 1 aromatic heterocycles. The third kappa shape index (κ3) is 2.83. The van der Waals surface area contributed by atoms with Gasteiger partial charge in [0.15, 0.2) is 9.84 Å². The standard InChI is InChI=1S/C13H13FO4S2/c1-2-6-20(17,18)7-8-11-9(14)4-3-5-10(11)19-12(8)13(15)16/h3-5H,2,6-7H2,1H3,(H,15,16). The molecule has 0 amide bonds. The lowest BCUT2D eigenvalue weighted by Gasteiger charge is -2.04. The first-order valence-corrected chi connectivity index (χ1v) is 8.63. The quantitative estimate of drug-likeness (QED) is 0.920. The second-order valence-corrected chi connectivity index (χ2v) is 7.66. The molecular formula is C13H13FO4S2. The third-order valence-electron chi connectivity index (χ3n) is 2.84. The first-order chi connectivity index (χ1) is 9.35. The van der Waals surface area contributed by atoms with Crippen LogP contribution in [0.2, 0.25) is 0 Å². The number of fused-ring (bicyclic) bond motifs is 1. The van der Waals surface area contributed by atoms with Crippen LogP contribution in [0.25, 0.3) is 10.1 Å². The number of halogens is 1. The molecule has 0 radical (unpaired) electrons. The molecule has 0 saturated carbocycles. The second-order valence-electron chi connectivity index (χ2n) is 4.42. The number of hydrogen-bond acceptors (Lipinski definition) is 4. The highest BCUT2D eigenvalue weighted by Gasteiger charge is 2.24. The summed E-state index contributed by atoms with van der Waals surface area (Å²) in [4.78, 5) is 11.1. The first-order valence-electron chi connectivity index (χ1n) is 5.99. The van der Waals surface area contributed by atoms with Crippen molar-refractivity contribution >= 4 is 37.2 Å². The van der Waals surface area contributed by atoms with E-state index in [1.54, 1.807) is 13.0 Å². The van der Waals surface area contributed by atoms with Crippen LogP contribution in [0.1, 0.15) is 28.6 Å². The summed E-state index contributed by atoms with van der Waals surface area (Å²) in [6, 6.07) is 4.27. The summed E-state index contributed by atoms with van der Waals surface area (Å²) in [6.45, 7) is 1.72. The van der Waals surface area contributed by atoms with Gasteiger partial charge in [-0.25, -0.2) is 17.6 Å². The van der Waals surface area contributed by atoms with Crippen molar-refractivity contribution in [1.82, 2.24) is 0 Å². The monoisotopic (exact) mass is 316 g/mol.